The zero-order valence-electron chi connectivity index (χ0n) is 6.56. The van der Waals surface area contributed by atoms with Crippen LogP contribution in [0.2, 0.25) is 0 Å². The van der Waals surface area contributed by atoms with Crippen molar-refractivity contribution >= 4 is 11.8 Å². The van der Waals surface area contributed by atoms with Gasteiger partial charge in [-0.2, -0.15) is 0 Å². The van der Waals surface area contributed by atoms with Gasteiger partial charge in [-0.1, -0.05) is 13.0 Å². The summed E-state index contributed by atoms with van der Waals surface area (Å²) in [5.41, 5.74) is 0. The lowest BCUT2D eigenvalue weighted by Crippen LogP contribution is -2.18. The molecule has 0 saturated heterocycles. The fourth-order valence-corrected chi connectivity index (χ4v) is 2.45. The van der Waals surface area contributed by atoms with Gasteiger partial charge in [0.15, 0.2) is 0 Å². The van der Waals surface area contributed by atoms with E-state index in [1.165, 1.54) is 4.91 Å². The first-order valence-electron chi connectivity index (χ1n) is 3.40. The second kappa shape index (κ2) is 2.05. The summed E-state index contributed by atoms with van der Waals surface area (Å²) in [5, 5.41) is 0. The number of rotatable bonds is 0. The minimum absolute atomic E-state index is 0.448. The van der Waals surface area contributed by atoms with Crippen LogP contribution in [-0.4, -0.2) is 4.75 Å². The van der Waals surface area contributed by atoms with Crippen LogP contribution in [0.25, 0.3) is 0 Å². The second-order valence-electron chi connectivity index (χ2n) is 3.27. The Kier molecular flexibility index (Phi) is 1.64. The van der Waals surface area contributed by atoms with Crippen LogP contribution in [0.5, 0.6) is 0 Å². The Balaban J connectivity index is 2.71. The molecule has 0 aromatic carbocycles. The first-order chi connectivity index (χ1) is 4.02. The van der Waals surface area contributed by atoms with E-state index in [1.807, 2.05) is 11.8 Å². The van der Waals surface area contributed by atoms with Gasteiger partial charge in [-0.3, -0.25) is 0 Å². The van der Waals surface area contributed by atoms with Crippen molar-refractivity contribution in [2.75, 3.05) is 0 Å². The van der Waals surface area contributed by atoms with Crippen LogP contribution in [0.15, 0.2) is 11.0 Å². The highest BCUT2D eigenvalue weighted by Crippen LogP contribution is 2.44. The van der Waals surface area contributed by atoms with E-state index in [0.29, 0.717) is 4.75 Å². The molecule has 0 bridgehead atoms. The third kappa shape index (κ3) is 1.32. The van der Waals surface area contributed by atoms with Crippen molar-refractivity contribution in [3.05, 3.63) is 11.0 Å². The monoisotopic (exact) mass is 142 g/mol. The molecule has 0 fully saturated rings. The molecule has 0 radical (unpaired) electrons. The predicted molar refractivity (Wildman–Crippen MR) is 44.6 cm³/mol. The second-order valence-corrected chi connectivity index (χ2v) is 5.17. The average molecular weight is 142 g/mol. The van der Waals surface area contributed by atoms with Crippen LogP contribution >= 0.6 is 11.8 Å². The SMILES string of the molecule is CC1=CC(C)C(C)(C)S1. The van der Waals surface area contributed by atoms with Gasteiger partial charge in [0.2, 0.25) is 0 Å². The molecule has 0 aromatic rings. The molecule has 0 spiro atoms. The molecular weight excluding hydrogens is 128 g/mol. The van der Waals surface area contributed by atoms with Crippen LogP contribution in [-0.2, 0) is 0 Å². The maximum Gasteiger partial charge on any atom is 0.0207 e. The lowest BCUT2D eigenvalue weighted by atomic mass is 9.97. The van der Waals surface area contributed by atoms with Crippen LogP contribution in [0.4, 0.5) is 0 Å². The van der Waals surface area contributed by atoms with Gasteiger partial charge in [-0.15, -0.1) is 11.8 Å². The predicted octanol–water partition coefficient (Wildman–Crippen LogP) is 3.05. The van der Waals surface area contributed by atoms with Gasteiger partial charge in [-0.25, -0.2) is 0 Å². The number of hydrogen-bond donors (Lipinski definition) is 0. The molecule has 0 aromatic heterocycles. The zero-order valence-corrected chi connectivity index (χ0v) is 7.38. The van der Waals surface area contributed by atoms with Gasteiger partial charge in [0.05, 0.1) is 0 Å². The summed E-state index contributed by atoms with van der Waals surface area (Å²) in [6, 6.07) is 0. The van der Waals surface area contributed by atoms with Crippen molar-refractivity contribution in [2.45, 2.75) is 32.4 Å². The molecule has 1 unspecified atom stereocenters. The smallest absolute Gasteiger partial charge is 0.0207 e. The molecule has 52 valence electrons. The van der Waals surface area contributed by atoms with Crippen molar-refractivity contribution in [2.24, 2.45) is 5.92 Å². The van der Waals surface area contributed by atoms with Crippen molar-refractivity contribution in [3.63, 3.8) is 0 Å². The number of allylic oxidation sites excluding steroid dienone is 2. The van der Waals surface area contributed by atoms with Crippen LogP contribution in [0.3, 0.4) is 0 Å². The Morgan fingerprint density at radius 1 is 1.56 bits per heavy atom. The van der Waals surface area contributed by atoms with Crippen molar-refractivity contribution in [3.8, 4) is 0 Å². The molecule has 1 aliphatic rings. The van der Waals surface area contributed by atoms with Crippen molar-refractivity contribution in [1.29, 1.82) is 0 Å². The number of hydrogen-bond acceptors (Lipinski definition) is 1. The summed E-state index contributed by atoms with van der Waals surface area (Å²) in [7, 11) is 0. The molecule has 0 nitrogen and oxygen atoms in total. The van der Waals surface area contributed by atoms with Crippen LogP contribution in [0.1, 0.15) is 27.7 Å². The summed E-state index contributed by atoms with van der Waals surface area (Å²) in [6.45, 7) is 9.07. The van der Waals surface area contributed by atoms with E-state index in [-0.39, 0.29) is 0 Å². The summed E-state index contributed by atoms with van der Waals surface area (Å²) in [5.74, 6) is 0.738. The van der Waals surface area contributed by atoms with Crippen molar-refractivity contribution in [1.82, 2.24) is 0 Å². The summed E-state index contributed by atoms with van der Waals surface area (Å²) < 4.78 is 0.448. The average Bonchev–Trinajstić information content (AvgIpc) is 1.79. The fraction of sp³-hybridized carbons (Fsp3) is 0.750. The third-order valence-corrected chi connectivity index (χ3v) is 3.36. The zero-order chi connectivity index (χ0) is 7.07. The Labute approximate surface area is 61.7 Å². The molecule has 1 aliphatic heterocycles. The molecular formula is C8H14S. The van der Waals surface area contributed by atoms with Gasteiger partial charge in [0.25, 0.3) is 0 Å². The fourth-order valence-electron chi connectivity index (χ4n) is 1.09. The van der Waals surface area contributed by atoms with E-state index in [9.17, 15) is 0 Å². The molecule has 9 heavy (non-hydrogen) atoms. The number of thioether (sulfide) groups is 1. The highest BCUT2D eigenvalue weighted by Gasteiger charge is 2.30. The summed E-state index contributed by atoms with van der Waals surface area (Å²) in [4.78, 5) is 1.48. The lowest BCUT2D eigenvalue weighted by Gasteiger charge is -2.21. The standard InChI is InChI=1S/C8H14S/c1-6-5-7(2)9-8(6,3)4/h5-6H,1-4H3. The summed E-state index contributed by atoms with van der Waals surface area (Å²) >= 11 is 1.99. The molecule has 0 aliphatic carbocycles. The van der Waals surface area contributed by atoms with Gasteiger partial charge < -0.3 is 0 Å². The maximum atomic E-state index is 2.35. The van der Waals surface area contributed by atoms with Gasteiger partial charge in [-0.05, 0) is 31.6 Å². The van der Waals surface area contributed by atoms with E-state index >= 15 is 0 Å². The molecule has 1 rings (SSSR count). The van der Waals surface area contributed by atoms with E-state index in [4.69, 9.17) is 0 Å². The molecule has 1 atom stereocenters. The summed E-state index contributed by atoms with van der Waals surface area (Å²) in [6.07, 6.45) is 2.35. The minimum atomic E-state index is 0.448. The van der Waals surface area contributed by atoms with Crippen molar-refractivity contribution < 1.29 is 0 Å². The highest BCUT2D eigenvalue weighted by molar-refractivity contribution is 8.04. The Morgan fingerprint density at radius 2 is 2.11 bits per heavy atom. The third-order valence-electron chi connectivity index (χ3n) is 2.01. The van der Waals surface area contributed by atoms with E-state index < -0.39 is 0 Å². The topological polar surface area (TPSA) is 0 Å². The lowest BCUT2D eigenvalue weighted by molar-refractivity contribution is 0.566. The molecule has 1 heterocycles. The van der Waals surface area contributed by atoms with E-state index in [1.54, 1.807) is 0 Å². The first-order valence-corrected chi connectivity index (χ1v) is 4.21. The van der Waals surface area contributed by atoms with Gasteiger partial charge >= 0.3 is 0 Å². The maximum absolute atomic E-state index is 2.35. The molecule has 0 N–H and O–H groups in total. The highest BCUT2D eigenvalue weighted by atomic mass is 32.2. The van der Waals surface area contributed by atoms with Gasteiger partial charge in [0.1, 0.15) is 0 Å². The van der Waals surface area contributed by atoms with Crippen LogP contribution < -0.4 is 0 Å². The first kappa shape index (κ1) is 7.20. The Bertz CT molecular complexity index is 145. The Morgan fingerprint density at radius 3 is 2.22 bits per heavy atom. The van der Waals surface area contributed by atoms with E-state index in [2.05, 4.69) is 33.8 Å². The molecule has 0 saturated carbocycles. The normalized spacial score (nSPS) is 32.4. The Hall–Kier alpha value is 0.0900. The molecule has 0 amide bonds. The largest absolute Gasteiger partial charge is 0.124 e. The van der Waals surface area contributed by atoms with Gasteiger partial charge in [0, 0.05) is 4.75 Å². The van der Waals surface area contributed by atoms with Crippen LogP contribution in [0, 0.1) is 5.92 Å². The minimum Gasteiger partial charge on any atom is -0.124 e. The molecule has 1 heteroatoms. The van der Waals surface area contributed by atoms with E-state index in [0.717, 1.165) is 5.92 Å². The quantitative estimate of drug-likeness (QED) is 0.501.